The number of fused-ring (bicyclic) bond motifs is 1. The Morgan fingerprint density at radius 2 is 2.27 bits per heavy atom. The molecule has 0 saturated heterocycles. The minimum atomic E-state index is 0.395. The summed E-state index contributed by atoms with van der Waals surface area (Å²) < 4.78 is 1.62. The van der Waals surface area contributed by atoms with Crippen molar-refractivity contribution in [2.24, 2.45) is 0 Å². The third kappa shape index (κ3) is 1.06. The Hall–Kier alpha value is -2.44. The summed E-state index contributed by atoms with van der Waals surface area (Å²) in [4.78, 5) is 7.99. The van der Waals surface area contributed by atoms with Gasteiger partial charge in [-0.25, -0.2) is 14.6 Å². The van der Waals surface area contributed by atoms with Crippen molar-refractivity contribution in [2.45, 2.75) is 0 Å². The van der Waals surface area contributed by atoms with Gasteiger partial charge >= 0.3 is 0 Å². The number of nitrogen functional groups attached to an aromatic ring is 1. The molecule has 0 unspecified atom stereocenters. The molecule has 3 aromatic heterocycles. The van der Waals surface area contributed by atoms with Gasteiger partial charge in [-0.15, -0.1) is 0 Å². The molecule has 0 saturated carbocycles. The average molecular weight is 201 g/mol. The van der Waals surface area contributed by atoms with E-state index in [0.717, 1.165) is 5.82 Å². The van der Waals surface area contributed by atoms with Crippen molar-refractivity contribution in [3.05, 3.63) is 24.8 Å². The van der Waals surface area contributed by atoms with Crippen LogP contribution in [0.25, 0.3) is 16.9 Å². The number of aromatic amines is 1. The zero-order valence-electron chi connectivity index (χ0n) is 7.62. The number of nitrogens with zero attached hydrogens (tertiary/aromatic N) is 5. The number of nitrogens with two attached hydrogens (primary N) is 1. The van der Waals surface area contributed by atoms with Gasteiger partial charge < -0.3 is 5.73 Å². The molecule has 0 radical (unpaired) electrons. The standard InChI is InChI=1S/C8H7N7/c9-8-7-5(10-4-11-8)3-13-15(7)6-1-2-12-14-6/h1-4H,(H,12,14)(H2,9,10,11). The minimum absolute atomic E-state index is 0.395. The van der Waals surface area contributed by atoms with Crippen LogP contribution in [-0.2, 0) is 0 Å². The van der Waals surface area contributed by atoms with E-state index >= 15 is 0 Å². The van der Waals surface area contributed by atoms with Gasteiger partial charge in [0.1, 0.15) is 23.2 Å². The molecule has 74 valence electrons. The molecule has 0 aliphatic rings. The van der Waals surface area contributed by atoms with Crippen LogP contribution < -0.4 is 5.73 Å². The maximum absolute atomic E-state index is 5.76. The van der Waals surface area contributed by atoms with Gasteiger partial charge in [0.05, 0.1) is 12.4 Å². The molecule has 0 atom stereocenters. The SMILES string of the molecule is Nc1ncnc2cnn(-c3ccn[nH]3)c12. The van der Waals surface area contributed by atoms with Crippen LogP contribution in [0.2, 0.25) is 0 Å². The summed E-state index contributed by atoms with van der Waals surface area (Å²) in [5.41, 5.74) is 7.15. The van der Waals surface area contributed by atoms with Gasteiger partial charge in [0.25, 0.3) is 0 Å². The minimum Gasteiger partial charge on any atom is -0.382 e. The molecule has 0 spiro atoms. The maximum Gasteiger partial charge on any atom is 0.153 e. The molecule has 3 heterocycles. The maximum atomic E-state index is 5.76. The normalized spacial score (nSPS) is 10.9. The molecule has 7 heteroatoms. The highest BCUT2D eigenvalue weighted by Crippen LogP contribution is 2.18. The fraction of sp³-hybridized carbons (Fsp3) is 0. The number of nitrogens with one attached hydrogen (secondary N) is 1. The predicted octanol–water partition coefficient (Wildman–Crippen LogP) is 0.121. The van der Waals surface area contributed by atoms with Crippen LogP contribution >= 0.6 is 0 Å². The van der Waals surface area contributed by atoms with Crippen molar-refractivity contribution in [1.82, 2.24) is 29.9 Å². The van der Waals surface area contributed by atoms with Crippen LogP contribution in [-0.4, -0.2) is 29.9 Å². The van der Waals surface area contributed by atoms with Crippen molar-refractivity contribution >= 4 is 16.9 Å². The van der Waals surface area contributed by atoms with Gasteiger partial charge in [-0.3, -0.25) is 5.10 Å². The van der Waals surface area contributed by atoms with Crippen LogP contribution in [0.4, 0.5) is 5.82 Å². The highest BCUT2D eigenvalue weighted by molar-refractivity contribution is 5.84. The molecule has 0 aliphatic heterocycles. The molecular weight excluding hydrogens is 194 g/mol. The summed E-state index contributed by atoms with van der Waals surface area (Å²) in [5, 5.41) is 10.8. The zero-order valence-corrected chi connectivity index (χ0v) is 7.62. The van der Waals surface area contributed by atoms with Crippen LogP contribution in [0.15, 0.2) is 24.8 Å². The van der Waals surface area contributed by atoms with E-state index in [-0.39, 0.29) is 0 Å². The first-order valence-electron chi connectivity index (χ1n) is 4.30. The van der Waals surface area contributed by atoms with Gasteiger partial charge in [-0.2, -0.15) is 10.2 Å². The Morgan fingerprint density at radius 3 is 3.07 bits per heavy atom. The predicted molar refractivity (Wildman–Crippen MR) is 53.2 cm³/mol. The third-order valence-electron chi connectivity index (χ3n) is 2.10. The summed E-state index contributed by atoms with van der Waals surface area (Å²) in [7, 11) is 0. The molecule has 3 aromatic rings. The van der Waals surface area contributed by atoms with Crippen molar-refractivity contribution in [3.8, 4) is 5.82 Å². The summed E-state index contributed by atoms with van der Waals surface area (Å²) in [6, 6.07) is 1.79. The fourth-order valence-corrected chi connectivity index (χ4v) is 1.44. The number of hydrogen-bond acceptors (Lipinski definition) is 5. The van der Waals surface area contributed by atoms with Crippen molar-refractivity contribution < 1.29 is 0 Å². The van der Waals surface area contributed by atoms with E-state index in [1.807, 2.05) is 0 Å². The highest BCUT2D eigenvalue weighted by atomic mass is 15.4. The molecule has 3 N–H and O–H groups in total. The topological polar surface area (TPSA) is 98.3 Å². The van der Waals surface area contributed by atoms with E-state index in [4.69, 9.17) is 5.73 Å². The number of aromatic nitrogens is 6. The Bertz CT molecular complexity index is 595. The molecule has 0 bridgehead atoms. The van der Waals surface area contributed by atoms with Gasteiger partial charge in [0, 0.05) is 6.07 Å². The Balaban J connectivity index is 2.37. The van der Waals surface area contributed by atoms with Gasteiger partial charge in [-0.1, -0.05) is 0 Å². The Labute approximate surface area is 84.0 Å². The lowest BCUT2D eigenvalue weighted by molar-refractivity contribution is 0.860. The number of hydrogen-bond donors (Lipinski definition) is 2. The molecule has 0 amide bonds. The molecule has 3 rings (SSSR count). The first kappa shape index (κ1) is 7.92. The smallest absolute Gasteiger partial charge is 0.153 e. The van der Waals surface area contributed by atoms with E-state index < -0.39 is 0 Å². The van der Waals surface area contributed by atoms with Gasteiger partial charge in [0.15, 0.2) is 5.82 Å². The molecular formula is C8H7N7. The quantitative estimate of drug-likeness (QED) is 0.582. The number of H-pyrrole nitrogens is 1. The molecule has 15 heavy (non-hydrogen) atoms. The fourth-order valence-electron chi connectivity index (χ4n) is 1.44. The second-order valence-electron chi connectivity index (χ2n) is 2.99. The van der Waals surface area contributed by atoms with E-state index in [9.17, 15) is 0 Å². The largest absolute Gasteiger partial charge is 0.382 e. The van der Waals surface area contributed by atoms with Crippen LogP contribution in [0, 0.1) is 0 Å². The van der Waals surface area contributed by atoms with E-state index in [1.54, 1.807) is 23.1 Å². The van der Waals surface area contributed by atoms with Crippen LogP contribution in [0.1, 0.15) is 0 Å². The highest BCUT2D eigenvalue weighted by Gasteiger charge is 2.09. The summed E-state index contributed by atoms with van der Waals surface area (Å²) >= 11 is 0. The third-order valence-corrected chi connectivity index (χ3v) is 2.10. The molecule has 7 nitrogen and oxygen atoms in total. The number of anilines is 1. The first-order valence-corrected chi connectivity index (χ1v) is 4.30. The van der Waals surface area contributed by atoms with Gasteiger partial charge in [0.2, 0.25) is 0 Å². The average Bonchev–Trinajstić information content (AvgIpc) is 2.85. The summed E-state index contributed by atoms with van der Waals surface area (Å²) in [5.74, 6) is 1.12. The Morgan fingerprint density at radius 1 is 1.33 bits per heavy atom. The zero-order chi connectivity index (χ0) is 10.3. The van der Waals surface area contributed by atoms with E-state index in [0.29, 0.717) is 16.9 Å². The van der Waals surface area contributed by atoms with Gasteiger partial charge in [-0.05, 0) is 0 Å². The Kier molecular flexibility index (Phi) is 1.46. The second-order valence-corrected chi connectivity index (χ2v) is 2.99. The lowest BCUT2D eigenvalue weighted by Crippen LogP contribution is -2.01. The lowest BCUT2D eigenvalue weighted by Gasteiger charge is -2.00. The molecule has 0 aromatic carbocycles. The van der Waals surface area contributed by atoms with Crippen molar-refractivity contribution in [2.75, 3.05) is 5.73 Å². The van der Waals surface area contributed by atoms with Crippen LogP contribution in [0.5, 0.6) is 0 Å². The van der Waals surface area contributed by atoms with Crippen molar-refractivity contribution in [3.63, 3.8) is 0 Å². The van der Waals surface area contributed by atoms with E-state index in [1.165, 1.54) is 6.33 Å². The van der Waals surface area contributed by atoms with Crippen LogP contribution in [0.3, 0.4) is 0 Å². The van der Waals surface area contributed by atoms with E-state index in [2.05, 4.69) is 25.3 Å². The lowest BCUT2D eigenvalue weighted by atomic mass is 10.4. The first-order chi connectivity index (χ1) is 7.36. The monoisotopic (exact) mass is 201 g/mol. The van der Waals surface area contributed by atoms with Crippen molar-refractivity contribution in [1.29, 1.82) is 0 Å². The summed E-state index contributed by atoms with van der Waals surface area (Å²) in [6.45, 7) is 0. The molecule has 0 fully saturated rings. The molecule has 0 aliphatic carbocycles. The summed E-state index contributed by atoms with van der Waals surface area (Å²) in [6.07, 6.45) is 4.69. The second kappa shape index (κ2) is 2.77. The number of rotatable bonds is 1.